The highest BCUT2D eigenvalue weighted by Crippen LogP contribution is 2.48. The van der Waals surface area contributed by atoms with Crippen molar-refractivity contribution >= 4 is 12.0 Å². The van der Waals surface area contributed by atoms with E-state index in [-0.39, 0.29) is 29.4 Å². The highest BCUT2D eigenvalue weighted by Gasteiger charge is 2.44. The zero-order valence-electron chi connectivity index (χ0n) is 22.9. The minimum Gasteiger partial charge on any atom is -0.460 e. The molecular weight excluding hydrogens is 438 g/mol. The summed E-state index contributed by atoms with van der Waals surface area (Å²) in [6.07, 6.45) is 8.02. The summed E-state index contributed by atoms with van der Waals surface area (Å²) in [5, 5.41) is 3.15. The number of esters is 1. The fraction of sp³-hybridized carbons (Fsp3) is 0.724. The summed E-state index contributed by atoms with van der Waals surface area (Å²) >= 11 is 0. The van der Waals surface area contributed by atoms with E-state index >= 15 is 0 Å². The second-order valence-electron chi connectivity index (χ2n) is 12.3. The molecule has 0 unspecified atom stereocenters. The molecule has 1 N–H and O–H groups in total. The summed E-state index contributed by atoms with van der Waals surface area (Å²) in [6, 6.07) is 10.8. The van der Waals surface area contributed by atoms with Crippen molar-refractivity contribution in [2.75, 3.05) is 33.7 Å². The molecule has 0 spiro atoms. The van der Waals surface area contributed by atoms with Crippen LogP contribution in [-0.4, -0.2) is 61.1 Å². The number of amides is 2. The van der Waals surface area contributed by atoms with E-state index in [1.54, 1.807) is 0 Å². The van der Waals surface area contributed by atoms with E-state index in [1.807, 2.05) is 25.7 Å². The van der Waals surface area contributed by atoms with Crippen LogP contribution >= 0.6 is 0 Å². The van der Waals surface area contributed by atoms with Gasteiger partial charge in [0.05, 0.1) is 6.42 Å². The SMILES string of the molecule is CN(C)C1(c2ccccc2)CCC(C)(CN(CCC(=O)OC(C)(C)C)C(=O)NCC2CCC2)CC1. The highest BCUT2D eigenvalue weighted by atomic mass is 16.6. The Kier molecular flexibility index (Phi) is 8.90. The zero-order valence-corrected chi connectivity index (χ0v) is 22.9. The van der Waals surface area contributed by atoms with E-state index in [0.717, 1.165) is 32.2 Å². The predicted molar refractivity (Wildman–Crippen MR) is 141 cm³/mol. The lowest BCUT2D eigenvalue weighted by molar-refractivity contribution is -0.155. The maximum Gasteiger partial charge on any atom is 0.317 e. The van der Waals surface area contributed by atoms with Gasteiger partial charge in [0.1, 0.15) is 5.60 Å². The van der Waals surface area contributed by atoms with Crippen LogP contribution < -0.4 is 5.32 Å². The summed E-state index contributed by atoms with van der Waals surface area (Å²) < 4.78 is 5.51. The molecule has 0 heterocycles. The minimum atomic E-state index is -0.517. The van der Waals surface area contributed by atoms with Gasteiger partial charge < -0.3 is 15.0 Å². The van der Waals surface area contributed by atoms with Crippen LogP contribution in [0.2, 0.25) is 0 Å². The van der Waals surface area contributed by atoms with Crippen molar-refractivity contribution in [3.05, 3.63) is 35.9 Å². The van der Waals surface area contributed by atoms with Gasteiger partial charge in [-0.1, -0.05) is 43.7 Å². The maximum absolute atomic E-state index is 13.2. The number of hydrogen-bond donors (Lipinski definition) is 1. The van der Waals surface area contributed by atoms with Crippen molar-refractivity contribution in [1.82, 2.24) is 15.1 Å². The summed E-state index contributed by atoms with van der Waals surface area (Å²) in [5.41, 5.74) is 0.883. The molecule has 0 aliphatic heterocycles. The molecule has 2 aliphatic carbocycles. The van der Waals surface area contributed by atoms with Crippen LogP contribution in [0.4, 0.5) is 4.79 Å². The normalized spacial score (nSPS) is 25.1. The van der Waals surface area contributed by atoms with Gasteiger partial charge in [0.25, 0.3) is 0 Å². The number of benzene rings is 1. The number of carbonyl (C=O) groups is 2. The first-order valence-corrected chi connectivity index (χ1v) is 13.4. The predicted octanol–water partition coefficient (Wildman–Crippen LogP) is 5.57. The first-order valence-electron chi connectivity index (χ1n) is 13.4. The Labute approximate surface area is 212 Å². The van der Waals surface area contributed by atoms with Gasteiger partial charge in [0.15, 0.2) is 0 Å². The monoisotopic (exact) mass is 485 g/mol. The third-order valence-electron chi connectivity index (χ3n) is 8.08. The topological polar surface area (TPSA) is 61.9 Å². The van der Waals surface area contributed by atoms with Gasteiger partial charge in [-0.3, -0.25) is 9.69 Å². The Hall–Kier alpha value is -2.08. The van der Waals surface area contributed by atoms with Crippen LogP contribution in [0.25, 0.3) is 0 Å². The molecular formula is C29H47N3O3. The summed E-state index contributed by atoms with van der Waals surface area (Å²) in [5.74, 6) is 0.349. The molecule has 2 saturated carbocycles. The van der Waals surface area contributed by atoms with E-state index in [2.05, 4.69) is 61.6 Å². The molecule has 2 aliphatic rings. The summed E-state index contributed by atoms with van der Waals surface area (Å²) in [7, 11) is 4.35. The number of rotatable bonds is 9. The lowest BCUT2D eigenvalue weighted by Gasteiger charge is -2.50. The Morgan fingerprint density at radius 3 is 2.20 bits per heavy atom. The van der Waals surface area contributed by atoms with Gasteiger partial charge in [0.2, 0.25) is 0 Å². The molecule has 35 heavy (non-hydrogen) atoms. The number of urea groups is 1. The van der Waals surface area contributed by atoms with Gasteiger partial charge >= 0.3 is 12.0 Å². The molecule has 2 fully saturated rings. The first kappa shape index (κ1) is 27.5. The third kappa shape index (κ3) is 7.45. The average Bonchev–Trinajstić information content (AvgIpc) is 2.75. The van der Waals surface area contributed by atoms with E-state index in [4.69, 9.17) is 4.74 Å². The molecule has 3 rings (SSSR count). The van der Waals surface area contributed by atoms with Crippen molar-refractivity contribution in [2.45, 2.75) is 90.2 Å². The minimum absolute atomic E-state index is 0.00995. The Bertz CT molecular complexity index is 834. The van der Waals surface area contributed by atoms with Gasteiger partial charge in [0, 0.05) is 25.2 Å². The van der Waals surface area contributed by atoms with Crippen LogP contribution in [0.3, 0.4) is 0 Å². The Morgan fingerprint density at radius 2 is 1.69 bits per heavy atom. The van der Waals surface area contributed by atoms with E-state index in [0.29, 0.717) is 19.0 Å². The van der Waals surface area contributed by atoms with Crippen molar-refractivity contribution in [3.8, 4) is 0 Å². The van der Waals surface area contributed by atoms with E-state index in [9.17, 15) is 9.59 Å². The van der Waals surface area contributed by atoms with Crippen LogP contribution in [0, 0.1) is 11.3 Å². The number of hydrogen-bond acceptors (Lipinski definition) is 4. The number of ether oxygens (including phenoxy) is 1. The van der Waals surface area contributed by atoms with Gasteiger partial charge in [-0.05, 0) is 90.3 Å². The smallest absolute Gasteiger partial charge is 0.317 e. The largest absolute Gasteiger partial charge is 0.460 e. The van der Waals surface area contributed by atoms with Crippen molar-refractivity contribution in [1.29, 1.82) is 0 Å². The molecule has 0 bridgehead atoms. The molecule has 196 valence electrons. The van der Waals surface area contributed by atoms with Gasteiger partial charge in [-0.2, -0.15) is 0 Å². The standard InChI is InChI=1S/C29H47N3O3/c1-27(2,3)35-25(33)15-20-32(26(34)30-21-23-11-10-12-23)22-28(4)16-18-29(19-17-28,31(5)6)24-13-8-7-9-14-24/h7-9,13-14,23H,10-12,15-22H2,1-6H3,(H,30,34). The van der Waals surface area contributed by atoms with Crippen LogP contribution in [0.15, 0.2) is 30.3 Å². The average molecular weight is 486 g/mol. The molecule has 1 aromatic rings. The lowest BCUT2D eigenvalue weighted by Crippen LogP contribution is -2.51. The maximum atomic E-state index is 13.2. The molecule has 0 aromatic heterocycles. The lowest BCUT2D eigenvalue weighted by atomic mass is 9.65. The van der Waals surface area contributed by atoms with Gasteiger partial charge in [-0.15, -0.1) is 0 Å². The number of nitrogens with one attached hydrogen (secondary N) is 1. The van der Waals surface area contributed by atoms with E-state index < -0.39 is 5.60 Å². The molecule has 6 heteroatoms. The quantitative estimate of drug-likeness (QED) is 0.465. The molecule has 0 atom stereocenters. The Balaban J connectivity index is 1.66. The highest BCUT2D eigenvalue weighted by molar-refractivity contribution is 5.76. The Morgan fingerprint density at radius 1 is 1.06 bits per heavy atom. The second kappa shape index (κ2) is 11.3. The van der Waals surface area contributed by atoms with Crippen LogP contribution in [0.1, 0.15) is 84.6 Å². The van der Waals surface area contributed by atoms with Gasteiger partial charge in [-0.25, -0.2) is 4.79 Å². The second-order valence-corrected chi connectivity index (χ2v) is 12.3. The molecule has 0 radical (unpaired) electrons. The zero-order chi connectivity index (χ0) is 25.7. The van der Waals surface area contributed by atoms with Crippen molar-refractivity contribution < 1.29 is 14.3 Å². The number of carbonyl (C=O) groups excluding carboxylic acids is 2. The third-order valence-corrected chi connectivity index (χ3v) is 8.08. The molecule has 6 nitrogen and oxygen atoms in total. The van der Waals surface area contributed by atoms with Crippen LogP contribution in [-0.2, 0) is 15.1 Å². The van der Waals surface area contributed by atoms with Crippen molar-refractivity contribution in [2.24, 2.45) is 11.3 Å². The molecule has 0 saturated heterocycles. The van der Waals surface area contributed by atoms with Crippen molar-refractivity contribution in [3.63, 3.8) is 0 Å². The molecule has 2 amide bonds. The fourth-order valence-electron chi connectivity index (χ4n) is 5.54. The fourth-order valence-corrected chi connectivity index (χ4v) is 5.54. The number of nitrogens with zero attached hydrogens (tertiary/aromatic N) is 2. The summed E-state index contributed by atoms with van der Waals surface area (Å²) in [4.78, 5) is 29.9. The molecule has 1 aromatic carbocycles. The summed E-state index contributed by atoms with van der Waals surface area (Å²) in [6.45, 7) is 9.71. The van der Waals surface area contributed by atoms with Crippen LogP contribution in [0.5, 0.6) is 0 Å². The first-order chi connectivity index (χ1) is 16.4. The van der Waals surface area contributed by atoms with E-state index in [1.165, 1.54) is 24.8 Å².